The molecule has 2 fully saturated rings. The van der Waals surface area contributed by atoms with E-state index in [2.05, 4.69) is 11.7 Å². The third-order valence-corrected chi connectivity index (χ3v) is 7.88. The van der Waals surface area contributed by atoms with Crippen molar-refractivity contribution in [1.82, 2.24) is 0 Å². The molecule has 0 N–H and O–H groups in total. The van der Waals surface area contributed by atoms with Crippen molar-refractivity contribution >= 4 is 10.8 Å². The van der Waals surface area contributed by atoms with Crippen LogP contribution in [0.2, 0.25) is 0 Å². The Morgan fingerprint density at radius 2 is 1.72 bits per heavy atom. The van der Waals surface area contributed by atoms with Gasteiger partial charge in [-0.25, -0.2) is 8.78 Å². The maximum absolute atomic E-state index is 14.6. The number of hydrogen-bond acceptors (Lipinski definition) is 1. The summed E-state index contributed by atoms with van der Waals surface area (Å²) in [4.78, 5) is 0. The summed E-state index contributed by atoms with van der Waals surface area (Å²) in [7, 11) is 0. The Balaban J connectivity index is 1.42. The van der Waals surface area contributed by atoms with Crippen LogP contribution in [0.5, 0.6) is 5.75 Å². The van der Waals surface area contributed by atoms with Crippen LogP contribution in [-0.4, -0.2) is 6.61 Å². The SMILES string of the molecule is CCCCCC[C@@H]1CC[C@@H]2CC(c3ccc4c(F)c(OC(F)F)c(F)cc4c3)CCC2C1. The Kier molecular flexibility index (Phi) is 7.63. The topological polar surface area (TPSA) is 9.23 Å². The maximum Gasteiger partial charge on any atom is 0.387 e. The molecule has 32 heavy (non-hydrogen) atoms. The fourth-order valence-corrected chi connectivity index (χ4v) is 6.19. The van der Waals surface area contributed by atoms with Gasteiger partial charge >= 0.3 is 6.61 Å². The number of benzene rings is 2. The first-order valence-corrected chi connectivity index (χ1v) is 12.3. The van der Waals surface area contributed by atoms with Gasteiger partial charge in [0.2, 0.25) is 0 Å². The van der Waals surface area contributed by atoms with E-state index >= 15 is 0 Å². The van der Waals surface area contributed by atoms with Crippen LogP contribution in [0.1, 0.15) is 89.0 Å². The first-order chi connectivity index (χ1) is 15.5. The molecule has 2 aromatic carbocycles. The minimum Gasteiger partial charge on any atom is -0.429 e. The highest BCUT2D eigenvalue weighted by Crippen LogP contribution is 2.48. The van der Waals surface area contributed by atoms with Crippen LogP contribution >= 0.6 is 0 Å². The molecule has 2 unspecified atom stereocenters. The van der Waals surface area contributed by atoms with Gasteiger partial charge in [0.25, 0.3) is 0 Å². The van der Waals surface area contributed by atoms with Crippen molar-refractivity contribution in [2.24, 2.45) is 17.8 Å². The van der Waals surface area contributed by atoms with E-state index in [9.17, 15) is 17.6 Å². The van der Waals surface area contributed by atoms with Gasteiger partial charge in [0.05, 0.1) is 0 Å². The third kappa shape index (κ3) is 5.23. The zero-order chi connectivity index (χ0) is 22.7. The minimum absolute atomic E-state index is 0.114. The maximum atomic E-state index is 14.6. The second-order valence-corrected chi connectivity index (χ2v) is 9.92. The van der Waals surface area contributed by atoms with E-state index < -0.39 is 24.0 Å². The highest BCUT2D eigenvalue weighted by Gasteiger charge is 2.36. The number of unbranched alkanes of at least 4 members (excludes halogenated alkanes) is 3. The molecule has 0 aromatic heterocycles. The molecular weight excluding hydrogens is 416 g/mol. The third-order valence-electron chi connectivity index (χ3n) is 7.88. The van der Waals surface area contributed by atoms with Gasteiger partial charge in [0, 0.05) is 5.39 Å². The molecule has 1 nitrogen and oxygen atoms in total. The summed E-state index contributed by atoms with van der Waals surface area (Å²) in [6.07, 6.45) is 14.2. The largest absolute Gasteiger partial charge is 0.429 e. The second kappa shape index (κ2) is 10.4. The first kappa shape index (κ1) is 23.4. The molecule has 0 amide bonds. The van der Waals surface area contributed by atoms with Crippen LogP contribution in [0.25, 0.3) is 10.8 Å². The molecular formula is C27H34F4O. The Labute approximate surface area is 188 Å². The number of halogens is 4. The van der Waals surface area contributed by atoms with E-state index in [1.54, 1.807) is 6.07 Å². The van der Waals surface area contributed by atoms with Gasteiger partial charge in [-0.3, -0.25) is 0 Å². The van der Waals surface area contributed by atoms with E-state index in [0.29, 0.717) is 11.3 Å². The lowest BCUT2D eigenvalue weighted by Crippen LogP contribution is -2.30. The first-order valence-electron chi connectivity index (χ1n) is 12.3. The molecule has 2 aliphatic rings. The van der Waals surface area contributed by atoms with Crippen LogP contribution in [0.4, 0.5) is 17.6 Å². The van der Waals surface area contributed by atoms with Gasteiger partial charge in [-0.15, -0.1) is 0 Å². The molecule has 2 saturated carbocycles. The van der Waals surface area contributed by atoms with Crippen LogP contribution < -0.4 is 4.74 Å². The van der Waals surface area contributed by atoms with Crippen molar-refractivity contribution in [2.45, 2.75) is 90.1 Å². The molecule has 176 valence electrons. The standard InChI is InChI=1S/C27H34F4O/c1-2-3-4-5-6-17-7-8-19-14-20(10-9-18(19)13-17)21-11-12-23-22(15-21)16-24(28)26(25(23)29)32-27(30)31/h11-12,15-20,27H,2-10,13-14H2,1H3/t17-,18?,19-,20?/m1/s1. The predicted octanol–water partition coefficient (Wildman–Crippen LogP) is 8.99. The number of fused-ring (bicyclic) bond motifs is 2. The van der Waals surface area contributed by atoms with Gasteiger partial charge in [-0.1, -0.05) is 63.6 Å². The van der Waals surface area contributed by atoms with Gasteiger partial charge < -0.3 is 4.74 Å². The normalized spacial score (nSPS) is 25.8. The van der Waals surface area contributed by atoms with E-state index in [1.165, 1.54) is 57.8 Å². The number of hydrogen-bond donors (Lipinski definition) is 0. The van der Waals surface area contributed by atoms with E-state index in [0.717, 1.165) is 42.2 Å². The monoisotopic (exact) mass is 450 g/mol. The lowest BCUT2D eigenvalue weighted by atomic mass is 9.63. The number of rotatable bonds is 8. The second-order valence-electron chi connectivity index (χ2n) is 9.92. The van der Waals surface area contributed by atoms with E-state index in [4.69, 9.17) is 0 Å². The summed E-state index contributed by atoms with van der Waals surface area (Å²) in [6, 6.07) is 6.39. The molecule has 4 atom stereocenters. The minimum atomic E-state index is -3.27. The average molecular weight is 451 g/mol. The molecule has 0 bridgehead atoms. The zero-order valence-electron chi connectivity index (χ0n) is 18.9. The van der Waals surface area contributed by atoms with Crippen LogP contribution in [0.3, 0.4) is 0 Å². The molecule has 2 aromatic rings. The molecule has 0 saturated heterocycles. The Morgan fingerprint density at radius 3 is 2.50 bits per heavy atom. The van der Waals surface area contributed by atoms with Crippen LogP contribution in [0.15, 0.2) is 24.3 Å². The van der Waals surface area contributed by atoms with Crippen LogP contribution in [-0.2, 0) is 0 Å². The van der Waals surface area contributed by atoms with Crippen molar-refractivity contribution in [3.63, 3.8) is 0 Å². The van der Waals surface area contributed by atoms with Gasteiger partial charge in [0.1, 0.15) is 0 Å². The van der Waals surface area contributed by atoms with Gasteiger partial charge in [0.15, 0.2) is 17.4 Å². The van der Waals surface area contributed by atoms with Crippen LogP contribution in [0, 0.1) is 29.4 Å². The molecule has 2 aliphatic carbocycles. The summed E-state index contributed by atoms with van der Waals surface area (Å²) in [6.45, 7) is -1.01. The van der Waals surface area contributed by atoms with Crippen molar-refractivity contribution < 1.29 is 22.3 Å². The molecule has 0 spiro atoms. The Bertz CT molecular complexity index is 912. The average Bonchev–Trinajstić information content (AvgIpc) is 2.78. The lowest BCUT2D eigenvalue weighted by Gasteiger charge is -2.42. The smallest absolute Gasteiger partial charge is 0.387 e. The van der Waals surface area contributed by atoms with Gasteiger partial charge in [-0.2, -0.15) is 8.78 Å². The van der Waals surface area contributed by atoms with Crippen molar-refractivity contribution in [1.29, 1.82) is 0 Å². The molecule has 0 radical (unpaired) electrons. The summed E-state index contributed by atoms with van der Waals surface area (Å²) in [5, 5.41) is 0.514. The predicted molar refractivity (Wildman–Crippen MR) is 120 cm³/mol. The lowest BCUT2D eigenvalue weighted by molar-refractivity contribution is -0.0544. The Morgan fingerprint density at radius 1 is 0.938 bits per heavy atom. The Hall–Kier alpha value is -1.78. The molecule has 0 heterocycles. The summed E-state index contributed by atoms with van der Waals surface area (Å²) in [5.41, 5.74) is 1.10. The quantitative estimate of drug-likeness (QED) is 0.288. The highest BCUT2D eigenvalue weighted by molar-refractivity contribution is 5.85. The molecule has 0 aliphatic heterocycles. The fourth-order valence-electron chi connectivity index (χ4n) is 6.19. The molecule has 5 heteroatoms. The fraction of sp³-hybridized carbons (Fsp3) is 0.630. The highest BCUT2D eigenvalue weighted by atomic mass is 19.3. The van der Waals surface area contributed by atoms with Crippen molar-refractivity contribution in [3.8, 4) is 5.75 Å². The zero-order valence-corrected chi connectivity index (χ0v) is 18.9. The number of ether oxygens (including phenoxy) is 1. The number of alkyl halides is 2. The van der Waals surface area contributed by atoms with Crippen molar-refractivity contribution in [2.75, 3.05) is 0 Å². The molecule has 4 rings (SSSR count). The van der Waals surface area contributed by atoms with E-state index in [1.807, 2.05) is 12.1 Å². The van der Waals surface area contributed by atoms with E-state index in [-0.39, 0.29) is 5.39 Å². The summed E-state index contributed by atoms with van der Waals surface area (Å²) < 4.78 is 57.8. The summed E-state index contributed by atoms with van der Waals surface area (Å²) in [5.74, 6) is -0.313. The van der Waals surface area contributed by atoms with Crippen molar-refractivity contribution in [3.05, 3.63) is 41.5 Å². The summed E-state index contributed by atoms with van der Waals surface area (Å²) >= 11 is 0. The van der Waals surface area contributed by atoms with Gasteiger partial charge in [-0.05, 0) is 72.8 Å².